The van der Waals surface area contributed by atoms with Gasteiger partial charge in [-0.2, -0.15) is 18.2 Å². The fourth-order valence-electron chi connectivity index (χ4n) is 1.75. The normalized spacial score (nSPS) is 11.5. The lowest BCUT2D eigenvalue weighted by Crippen LogP contribution is -2.12. The highest BCUT2D eigenvalue weighted by Gasteiger charge is 2.34. The number of hydrogen-bond donors (Lipinski definition) is 2. The van der Waals surface area contributed by atoms with Gasteiger partial charge in [0.15, 0.2) is 5.82 Å². The second-order valence-electron chi connectivity index (χ2n) is 4.36. The molecule has 2 aromatic rings. The average molecular weight is 317 g/mol. The molecule has 0 amide bonds. The Bertz CT molecular complexity index is 628. The van der Waals surface area contributed by atoms with E-state index in [4.69, 9.17) is 14.4 Å². The van der Waals surface area contributed by atoms with Crippen molar-refractivity contribution in [3.63, 3.8) is 0 Å². The molecule has 0 fully saturated rings. The highest BCUT2D eigenvalue weighted by atomic mass is 19.4. The summed E-state index contributed by atoms with van der Waals surface area (Å²) in [6.45, 7) is 1.23. The van der Waals surface area contributed by atoms with Crippen LogP contribution in [-0.2, 0) is 12.7 Å². The Balaban J connectivity index is 2.18. The Morgan fingerprint density at radius 1 is 1.36 bits per heavy atom. The van der Waals surface area contributed by atoms with E-state index in [0.29, 0.717) is 5.89 Å². The Kier molecular flexibility index (Phi) is 4.86. The Hall–Kier alpha value is -2.29. The lowest BCUT2D eigenvalue weighted by Gasteiger charge is -2.15. The molecule has 0 saturated carbocycles. The number of alkyl halides is 3. The molecule has 0 aliphatic rings. The van der Waals surface area contributed by atoms with Gasteiger partial charge in [-0.15, -0.1) is 0 Å². The molecule has 2 N–H and O–H groups in total. The summed E-state index contributed by atoms with van der Waals surface area (Å²) < 4.78 is 49.0. The van der Waals surface area contributed by atoms with Crippen LogP contribution in [0.3, 0.4) is 0 Å². The summed E-state index contributed by atoms with van der Waals surface area (Å²) >= 11 is 0. The maximum absolute atomic E-state index is 13.1. The first-order valence-electron chi connectivity index (χ1n) is 6.38. The monoisotopic (exact) mass is 317 g/mol. The van der Waals surface area contributed by atoms with E-state index in [9.17, 15) is 13.2 Å². The number of aliphatic hydroxyl groups is 1. The van der Waals surface area contributed by atoms with Crippen LogP contribution in [-0.4, -0.2) is 28.5 Å². The van der Waals surface area contributed by atoms with Gasteiger partial charge in [-0.05, 0) is 18.2 Å². The van der Waals surface area contributed by atoms with Gasteiger partial charge in [-0.25, -0.2) is 0 Å². The lowest BCUT2D eigenvalue weighted by atomic mass is 10.1. The summed E-state index contributed by atoms with van der Waals surface area (Å²) in [5.74, 6) is 0.620. The molecule has 0 aliphatic heterocycles. The molecule has 0 radical (unpaired) electrons. The quantitative estimate of drug-likeness (QED) is 0.851. The number of benzene rings is 1. The predicted molar refractivity (Wildman–Crippen MR) is 70.4 cm³/mol. The molecule has 1 aromatic carbocycles. The van der Waals surface area contributed by atoms with Crippen LogP contribution in [0.25, 0.3) is 0 Å². The average Bonchev–Trinajstić information content (AvgIpc) is 2.88. The van der Waals surface area contributed by atoms with Gasteiger partial charge in [-0.3, -0.25) is 0 Å². The van der Waals surface area contributed by atoms with Crippen LogP contribution in [0.15, 0.2) is 22.7 Å². The summed E-state index contributed by atoms with van der Waals surface area (Å²) in [4.78, 5) is 3.90. The fraction of sp³-hybridized carbons (Fsp3) is 0.385. The van der Waals surface area contributed by atoms with Gasteiger partial charge < -0.3 is 19.7 Å². The van der Waals surface area contributed by atoms with Crippen molar-refractivity contribution in [3.8, 4) is 5.75 Å². The molecule has 1 aromatic heterocycles. The number of aromatic nitrogens is 2. The maximum atomic E-state index is 13.1. The van der Waals surface area contributed by atoms with Crippen molar-refractivity contribution < 1.29 is 27.5 Å². The summed E-state index contributed by atoms with van der Waals surface area (Å²) in [6.07, 6.45) is -4.55. The third kappa shape index (κ3) is 4.10. The van der Waals surface area contributed by atoms with Gasteiger partial charge in [0, 0.05) is 12.6 Å². The van der Waals surface area contributed by atoms with E-state index in [-0.39, 0.29) is 37.0 Å². The van der Waals surface area contributed by atoms with Crippen molar-refractivity contribution in [2.45, 2.75) is 19.6 Å². The summed E-state index contributed by atoms with van der Waals surface area (Å²) in [5.41, 5.74) is -0.991. The SMILES string of the molecule is Cc1nc(CNc2ccc(OCCO)cc2C(F)(F)F)no1. The zero-order chi connectivity index (χ0) is 16.2. The smallest absolute Gasteiger partial charge is 0.418 e. The van der Waals surface area contributed by atoms with Crippen LogP contribution < -0.4 is 10.1 Å². The number of anilines is 1. The number of aliphatic hydroxyl groups excluding tert-OH is 1. The molecule has 0 bridgehead atoms. The minimum atomic E-state index is -4.55. The van der Waals surface area contributed by atoms with Crippen LogP contribution in [0.4, 0.5) is 18.9 Å². The summed E-state index contributed by atoms with van der Waals surface area (Å²) in [7, 11) is 0. The number of ether oxygens (including phenoxy) is 1. The van der Waals surface area contributed by atoms with E-state index < -0.39 is 11.7 Å². The first-order chi connectivity index (χ1) is 10.4. The van der Waals surface area contributed by atoms with E-state index in [2.05, 4.69) is 15.5 Å². The van der Waals surface area contributed by atoms with Crippen LogP contribution >= 0.6 is 0 Å². The van der Waals surface area contributed by atoms with E-state index in [0.717, 1.165) is 6.07 Å². The van der Waals surface area contributed by atoms with Crippen molar-refractivity contribution >= 4 is 5.69 Å². The molecule has 0 spiro atoms. The highest BCUT2D eigenvalue weighted by Crippen LogP contribution is 2.37. The molecular weight excluding hydrogens is 303 g/mol. The Morgan fingerprint density at radius 2 is 2.14 bits per heavy atom. The zero-order valence-corrected chi connectivity index (χ0v) is 11.6. The second-order valence-corrected chi connectivity index (χ2v) is 4.36. The van der Waals surface area contributed by atoms with E-state index in [1.165, 1.54) is 12.1 Å². The molecule has 120 valence electrons. The fourth-order valence-corrected chi connectivity index (χ4v) is 1.75. The van der Waals surface area contributed by atoms with Gasteiger partial charge in [0.1, 0.15) is 12.4 Å². The molecule has 2 rings (SSSR count). The molecule has 0 atom stereocenters. The number of aryl methyl sites for hydroxylation is 1. The highest BCUT2D eigenvalue weighted by molar-refractivity contribution is 5.55. The van der Waals surface area contributed by atoms with Gasteiger partial charge in [0.2, 0.25) is 5.89 Å². The van der Waals surface area contributed by atoms with Crippen molar-refractivity contribution in [2.75, 3.05) is 18.5 Å². The van der Waals surface area contributed by atoms with E-state index >= 15 is 0 Å². The zero-order valence-electron chi connectivity index (χ0n) is 11.6. The number of halogens is 3. The van der Waals surface area contributed by atoms with Crippen molar-refractivity contribution in [2.24, 2.45) is 0 Å². The third-order valence-electron chi connectivity index (χ3n) is 2.66. The van der Waals surface area contributed by atoms with Gasteiger partial charge >= 0.3 is 6.18 Å². The molecular formula is C13H14F3N3O3. The predicted octanol–water partition coefficient (Wildman–Crippen LogP) is 2.38. The minimum absolute atomic E-state index is 0.00271. The topological polar surface area (TPSA) is 80.4 Å². The van der Waals surface area contributed by atoms with E-state index in [1.54, 1.807) is 6.92 Å². The van der Waals surface area contributed by atoms with Crippen molar-refractivity contribution in [1.29, 1.82) is 0 Å². The van der Waals surface area contributed by atoms with Crippen LogP contribution in [0.5, 0.6) is 5.75 Å². The molecule has 0 saturated heterocycles. The standard InChI is InChI=1S/C13H14F3N3O3/c1-8-18-12(19-22-8)7-17-11-3-2-9(21-5-4-20)6-10(11)13(14,15)16/h2-3,6,17,20H,4-5,7H2,1H3. The summed E-state index contributed by atoms with van der Waals surface area (Å²) in [6, 6.07) is 3.51. The van der Waals surface area contributed by atoms with Crippen molar-refractivity contribution in [1.82, 2.24) is 10.1 Å². The minimum Gasteiger partial charge on any atom is -0.491 e. The van der Waals surface area contributed by atoms with Crippen molar-refractivity contribution in [3.05, 3.63) is 35.5 Å². The lowest BCUT2D eigenvalue weighted by molar-refractivity contribution is -0.137. The van der Waals surface area contributed by atoms with Crippen LogP contribution in [0.2, 0.25) is 0 Å². The van der Waals surface area contributed by atoms with Gasteiger partial charge in [-0.1, -0.05) is 5.16 Å². The number of nitrogens with one attached hydrogen (secondary N) is 1. The Labute approximate surface area is 123 Å². The first kappa shape index (κ1) is 16.1. The maximum Gasteiger partial charge on any atom is 0.418 e. The number of hydrogen-bond acceptors (Lipinski definition) is 6. The number of nitrogens with zero attached hydrogens (tertiary/aromatic N) is 2. The van der Waals surface area contributed by atoms with Crippen LogP contribution in [0, 0.1) is 6.92 Å². The molecule has 6 nitrogen and oxygen atoms in total. The van der Waals surface area contributed by atoms with E-state index in [1.807, 2.05) is 0 Å². The third-order valence-corrected chi connectivity index (χ3v) is 2.66. The van der Waals surface area contributed by atoms with Crippen LogP contribution in [0.1, 0.15) is 17.3 Å². The molecule has 22 heavy (non-hydrogen) atoms. The first-order valence-corrected chi connectivity index (χ1v) is 6.38. The number of rotatable bonds is 6. The molecule has 1 heterocycles. The molecule has 0 aliphatic carbocycles. The van der Waals surface area contributed by atoms with Gasteiger partial charge in [0.25, 0.3) is 0 Å². The second kappa shape index (κ2) is 6.65. The molecule has 9 heteroatoms. The molecule has 0 unspecified atom stereocenters. The summed E-state index contributed by atoms with van der Waals surface area (Å²) in [5, 5.41) is 14.9. The largest absolute Gasteiger partial charge is 0.491 e. The Morgan fingerprint density at radius 3 is 2.73 bits per heavy atom. The van der Waals surface area contributed by atoms with Gasteiger partial charge in [0.05, 0.1) is 18.7 Å².